The minimum absolute atomic E-state index is 0.315. The third-order valence-electron chi connectivity index (χ3n) is 4.08. The number of benzene rings is 1. The van der Waals surface area contributed by atoms with Gasteiger partial charge in [0.2, 0.25) is 0 Å². The van der Waals surface area contributed by atoms with Gasteiger partial charge in [0, 0.05) is 17.9 Å². The van der Waals surface area contributed by atoms with Crippen LogP contribution in [0.4, 0.5) is 15.8 Å². The third-order valence-corrected chi connectivity index (χ3v) is 4.08. The zero-order valence-corrected chi connectivity index (χ0v) is 11.7. The molecule has 0 bridgehead atoms. The van der Waals surface area contributed by atoms with Crippen molar-refractivity contribution in [3.8, 4) is 0 Å². The first kappa shape index (κ1) is 14.1. The molecule has 0 atom stereocenters. The number of nitrogen functional groups attached to an aromatic ring is 1. The van der Waals surface area contributed by atoms with Crippen LogP contribution in [0.15, 0.2) is 18.2 Å². The molecule has 0 saturated heterocycles. The summed E-state index contributed by atoms with van der Waals surface area (Å²) >= 11 is 0. The fourth-order valence-corrected chi connectivity index (χ4v) is 2.55. The molecule has 4 heteroatoms. The van der Waals surface area contributed by atoms with Crippen molar-refractivity contribution in [1.29, 1.82) is 0 Å². The molecule has 1 aromatic rings. The van der Waals surface area contributed by atoms with E-state index in [1.807, 2.05) is 0 Å². The normalized spacial score (nSPS) is 21.1. The van der Waals surface area contributed by atoms with E-state index in [4.69, 9.17) is 5.73 Å². The Balaban J connectivity index is 1.95. The standard InChI is InChI=1S/C15H23FN2O/c1-14(2)3-5-15(19,6-4-14)10-18-13-8-11(16)7-12(17)9-13/h7-9,18-19H,3-6,10,17H2,1-2H3. The predicted molar refractivity (Wildman–Crippen MR) is 76.5 cm³/mol. The maximum atomic E-state index is 13.2. The molecular formula is C15H23FN2O. The fraction of sp³-hybridized carbons (Fsp3) is 0.600. The second-order valence-corrected chi connectivity index (χ2v) is 6.52. The number of rotatable bonds is 3. The molecule has 1 aromatic carbocycles. The zero-order valence-electron chi connectivity index (χ0n) is 11.7. The third kappa shape index (κ3) is 3.83. The van der Waals surface area contributed by atoms with Gasteiger partial charge in [0.1, 0.15) is 5.82 Å². The average molecular weight is 266 g/mol. The Hall–Kier alpha value is -1.29. The molecule has 0 radical (unpaired) electrons. The van der Waals surface area contributed by atoms with Crippen LogP contribution in [0.3, 0.4) is 0 Å². The van der Waals surface area contributed by atoms with E-state index in [1.165, 1.54) is 12.1 Å². The van der Waals surface area contributed by atoms with Crippen LogP contribution >= 0.6 is 0 Å². The van der Waals surface area contributed by atoms with Crippen molar-refractivity contribution >= 4 is 11.4 Å². The molecule has 0 heterocycles. The van der Waals surface area contributed by atoms with Crippen LogP contribution in [-0.4, -0.2) is 17.3 Å². The van der Waals surface area contributed by atoms with E-state index in [0.717, 1.165) is 25.7 Å². The lowest BCUT2D eigenvalue weighted by Gasteiger charge is -2.40. The van der Waals surface area contributed by atoms with E-state index in [-0.39, 0.29) is 5.82 Å². The van der Waals surface area contributed by atoms with E-state index in [0.29, 0.717) is 23.3 Å². The largest absolute Gasteiger partial charge is 0.399 e. The topological polar surface area (TPSA) is 58.3 Å². The fourth-order valence-electron chi connectivity index (χ4n) is 2.55. The van der Waals surface area contributed by atoms with Gasteiger partial charge in [0.05, 0.1) is 5.60 Å². The molecule has 1 aliphatic rings. The molecule has 1 aliphatic carbocycles. The molecule has 1 fully saturated rings. The van der Waals surface area contributed by atoms with Crippen molar-refractivity contribution in [2.24, 2.45) is 5.41 Å². The van der Waals surface area contributed by atoms with Crippen LogP contribution in [0.25, 0.3) is 0 Å². The molecule has 0 aliphatic heterocycles. The summed E-state index contributed by atoms with van der Waals surface area (Å²) in [6.07, 6.45) is 3.57. The van der Waals surface area contributed by atoms with Crippen LogP contribution < -0.4 is 11.1 Å². The van der Waals surface area contributed by atoms with Gasteiger partial charge in [0.25, 0.3) is 0 Å². The highest BCUT2D eigenvalue weighted by Gasteiger charge is 2.36. The average Bonchev–Trinajstić information content (AvgIpc) is 2.30. The van der Waals surface area contributed by atoms with Crippen molar-refractivity contribution in [3.63, 3.8) is 0 Å². The maximum Gasteiger partial charge on any atom is 0.127 e. The lowest BCUT2D eigenvalue weighted by molar-refractivity contribution is -0.0145. The second kappa shape index (κ2) is 5.00. The molecular weight excluding hydrogens is 243 g/mol. The minimum Gasteiger partial charge on any atom is -0.399 e. The lowest BCUT2D eigenvalue weighted by atomic mass is 9.71. The van der Waals surface area contributed by atoms with Gasteiger partial charge >= 0.3 is 0 Å². The van der Waals surface area contributed by atoms with Crippen LogP contribution in [0.1, 0.15) is 39.5 Å². The van der Waals surface area contributed by atoms with E-state index in [1.54, 1.807) is 6.07 Å². The first-order chi connectivity index (χ1) is 8.78. The maximum absolute atomic E-state index is 13.2. The van der Waals surface area contributed by atoms with Gasteiger partial charge in [-0.1, -0.05) is 13.8 Å². The molecule has 19 heavy (non-hydrogen) atoms. The first-order valence-electron chi connectivity index (χ1n) is 6.80. The molecule has 4 N–H and O–H groups in total. The van der Waals surface area contributed by atoms with Gasteiger partial charge in [-0.15, -0.1) is 0 Å². The Morgan fingerprint density at radius 1 is 1.21 bits per heavy atom. The molecule has 0 amide bonds. The Kier molecular flexibility index (Phi) is 3.72. The van der Waals surface area contributed by atoms with Crippen molar-refractivity contribution in [1.82, 2.24) is 0 Å². The minimum atomic E-state index is -0.698. The summed E-state index contributed by atoms with van der Waals surface area (Å²) in [7, 11) is 0. The molecule has 106 valence electrons. The van der Waals surface area contributed by atoms with E-state index in [2.05, 4.69) is 19.2 Å². The Morgan fingerprint density at radius 3 is 2.42 bits per heavy atom. The number of nitrogens with two attached hydrogens (primary N) is 1. The number of aliphatic hydroxyl groups is 1. The lowest BCUT2D eigenvalue weighted by Crippen LogP contribution is -2.42. The van der Waals surface area contributed by atoms with Crippen LogP contribution in [0.5, 0.6) is 0 Å². The number of hydrogen-bond acceptors (Lipinski definition) is 3. The Bertz CT molecular complexity index is 429. The first-order valence-corrected chi connectivity index (χ1v) is 6.80. The highest BCUT2D eigenvalue weighted by molar-refractivity contribution is 5.54. The second-order valence-electron chi connectivity index (χ2n) is 6.52. The van der Waals surface area contributed by atoms with Gasteiger partial charge in [-0.2, -0.15) is 0 Å². The predicted octanol–water partition coefficient (Wildman–Crippen LogP) is 3.15. The number of anilines is 2. The summed E-state index contributed by atoms with van der Waals surface area (Å²) in [5, 5.41) is 13.6. The van der Waals surface area contributed by atoms with Crippen LogP contribution in [-0.2, 0) is 0 Å². The summed E-state index contributed by atoms with van der Waals surface area (Å²) in [4.78, 5) is 0. The van der Waals surface area contributed by atoms with E-state index >= 15 is 0 Å². The zero-order chi connectivity index (χ0) is 14.1. The quantitative estimate of drug-likeness (QED) is 0.737. The number of nitrogens with one attached hydrogen (secondary N) is 1. The van der Waals surface area contributed by atoms with Crippen LogP contribution in [0.2, 0.25) is 0 Å². The molecule has 0 unspecified atom stereocenters. The van der Waals surface area contributed by atoms with Gasteiger partial charge in [-0.25, -0.2) is 4.39 Å². The highest BCUT2D eigenvalue weighted by atomic mass is 19.1. The van der Waals surface area contributed by atoms with Crippen molar-refractivity contribution < 1.29 is 9.50 Å². The Labute approximate surface area is 114 Å². The van der Waals surface area contributed by atoms with Crippen molar-refractivity contribution in [2.45, 2.75) is 45.1 Å². The van der Waals surface area contributed by atoms with Crippen molar-refractivity contribution in [3.05, 3.63) is 24.0 Å². The van der Waals surface area contributed by atoms with E-state index in [9.17, 15) is 9.50 Å². The van der Waals surface area contributed by atoms with Gasteiger partial charge in [0.15, 0.2) is 0 Å². The molecule has 3 nitrogen and oxygen atoms in total. The summed E-state index contributed by atoms with van der Waals surface area (Å²) in [6, 6.07) is 4.36. The van der Waals surface area contributed by atoms with Gasteiger partial charge in [-0.05, 0) is 49.3 Å². The monoisotopic (exact) mass is 266 g/mol. The summed E-state index contributed by atoms with van der Waals surface area (Å²) in [5.74, 6) is -0.362. The molecule has 0 aromatic heterocycles. The van der Waals surface area contributed by atoms with Crippen molar-refractivity contribution in [2.75, 3.05) is 17.6 Å². The van der Waals surface area contributed by atoms with Gasteiger partial charge in [-0.3, -0.25) is 0 Å². The Morgan fingerprint density at radius 2 is 1.84 bits per heavy atom. The smallest absolute Gasteiger partial charge is 0.127 e. The summed E-state index contributed by atoms with van der Waals surface area (Å²) in [6.45, 7) is 4.90. The highest BCUT2D eigenvalue weighted by Crippen LogP contribution is 2.40. The summed E-state index contributed by atoms with van der Waals surface area (Å²) in [5.41, 5.74) is 6.22. The van der Waals surface area contributed by atoms with E-state index < -0.39 is 5.60 Å². The molecule has 0 spiro atoms. The SMILES string of the molecule is CC1(C)CCC(O)(CNc2cc(N)cc(F)c2)CC1. The molecule has 2 rings (SSSR count). The van der Waals surface area contributed by atoms with Crippen LogP contribution in [0, 0.1) is 11.2 Å². The van der Waals surface area contributed by atoms with Gasteiger partial charge < -0.3 is 16.2 Å². The number of hydrogen-bond donors (Lipinski definition) is 3. The molecule has 1 saturated carbocycles. The summed E-state index contributed by atoms with van der Waals surface area (Å²) < 4.78 is 13.2. The number of halogens is 1.